The molecule has 0 aliphatic rings. The quantitative estimate of drug-likeness (QED) is 0.369. The lowest BCUT2D eigenvalue weighted by Gasteiger charge is -1.97. The third kappa shape index (κ3) is 3.09. The minimum Gasteiger partial charge on any atom is -0.437 e. The molecule has 136 valence electrons. The first-order chi connectivity index (χ1) is 13.6. The molecule has 0 radical (unpaired) electrons. The predicted molar refractivity (Wildman–Crippen MR) is 112 cm³/mol. The van der Waals surface area contributed by atoms with Crippen molar-refractivity contribution >= 4 is 34.4 Å². The van der Waals surface area contributed by atoms with E-state index in [9.17, 15) is 0 Å². The summed E-state index contributed by atoms with van der Waals surface area (Å²) in [6.07, 6.45) is 3.86. The minimum absolute atomic E-state index is 0.586. The molecule has 0 unspecified atom stereocenters. The monoisotopic (exact) mass is 366 g/mol. The van der Waals surface area contributed by atoms with E-state index in [1.54, 1.807) is 0 Å². The third-order valence-electron chi connectivity index (χ3n) is 4.65. The molecule has 0 saturated heterocycles. The Morgan fingerprint density at radius 1 is 0.714 bits per heavy atom. The molecule has 0 aliphatic heterocycles. The summed E-state index contributed by atoms with van der Waals surface area (Å²) < 4.78 is 11.7. The van der Waals surface area contributed by atoms with Crippen LogP contribution in [0.15, 0.2) is 69.5 Å². The van der Waals surface area contributed by atoms with E-state index in [0.717, 1.165) is 44.5 Å². The van der Waals surface area contributed by atoms with Gasteiger partial charge in [-0.05, 0) is 73.0 Å². The number of oxazole rings is 2. The van der Waals surface area contributed by atoms with Gasteiger partial charge in [0, 0.05) is 11.6 Å². The number of benzene rings is 3. The molecule has 5 aromatic rings. The van der Waals surface area contributed by atoms with Crippen LogP contribution in [-0.2, 0) is 0 Å². The number of hydrogen-bond acceptors (Lipinski definition) is 4. The highest BCUT2D eigenvalue weighted by Gasteiger charge is 2.09. The van der Waals surface area contributed by atoms with E-state index < -0.39 is 0 Å². The number of hydrogen-bond donors (Lipinski definition) is 0. The van der Waals surface area contributed by atoms with E-state index in [1.165, 1.54) is 0 Å². The van der Waals surface area contributed by atoms with E-state index in [1.807, 2.05) is 86.7 Å². The molecule has 0 atom stereocenters. The maximum Gasteiger partial charge on any atom is 0.227 e. The Kier molecular flexibility index (Phi) is 3.83. The summed E-state index contributed by atoms with van der Waals surface area (Å²) in [6.45, 7) is 4.09. The summed E-state index contributed by atoms with van der Waals surface area (Å²) in [5.74, 6) is 1.21. The van der Waals surface area contributed by atoms with Gasteiger partial charge in [0.2, 0.25) is 11.8 Å². The van der Waals surface area contributed by atoms with Gasteiger partial charge in [-0.2, -0.15) is 0 Å². The number of fused-ring (bicyclic) bond motifs is 2. The lowest BCUT2D eigenvalue weighted by Crippen LogP contribution is -1.79. The van der Waals surface area contributed by atoms with Gasteiger partial charge in [0.1, 0.15) is 11.0 Å². The van der Waals surface area contributed by atoms with Crippen molar-refractivity contribution in [2.75, 3.05) is 0 Å². The molecule has 5 rings (SSSR count). The molecular formula is C24H18N2O2. The lowest BCUT2D eigenvalue weighted by atomic mass is 10.1. The number of aromatic nitrogens is 2. The highest BCUT2D eigenvalue weighted by atomic mass is 16.4. The Hall–Kier alpha value is -3.66. The second kappa shape index (κ2) is 6.50. The SMILES string of the molecule is Cc1ccc2oc(C=Cc3cccc(-c4nc5cc(C)ccc5o4)c3)nc2c1. The van der Waals surface area contributed by atoms with Crippen molar-refractivity contribution in [3.8, 4) is 11.5 Å². The molecule has 0 aliphatic carbocycles. The zero-order valence-corrected chi connectivity index (χ0v) is 15.6. The Balaban J connectivity index is 1.46. The molecule has 0 N–H and O–H groups in total. The van der Waals surface area contributed by atoms with Crippen LogP contribution in [0.25, 0.3) is 45.8 Å². The van der Waals surface area contributed by atoms with Crippen LogP contribution in [0, 0.1) is 13.8 Å². The van der Waals surface area contributed by atoms with Crippen LogP contribution in [0.3, 0.4) is 0 Å². The van der Waals surface area contributed by atoms with Crippen molar-refractivity contribution in [2.45, 2.75) is 13.8 Å². The Bertz CT molecular complexity index is 1340. The van der Waals surface area contributed by atoms with Gasteiger partial charge in [-0.15, -0.1) is 0 Å². The van der Waals surface area contributed by atoms with Gasteiger partial charge < -0.3 is 8.83 Å². The third-order valence-corrected chi connectivity index (χ3v) is 4.65. The lowest BCUT2D eigenvalue weighted by molar-refractivity contribution is 0.589. The molecule has 4 nitrogen and oxygen atoms in total. The molecule has 0 bridgehead atoms. The molecule has 0 spiro atoms. The normalized spacial score (nSPS) is 11.8. The summed E-state index contributed by atoms with van der Waals surface area (Å²) in [5.41, 5.74) is 7.62. The molecular weight excluding hydrogens is 348 g/mol. The molecule has 0 saturated carbocycles. The van der Waals surface area contributed by atoms with Gasteiger partial charge in [-0.3, -0.25) is 0 Å². The Labute approximate surface area is 162 Å². The van der Waals surface area contributed by atoms with E-state index >= 15 is 0 Å². The molecule has 2 aromatic heterocycles. The first kappa shape index (κ1) is 16.5. The highest BCUT2D eigenvalue weighted by molar-refractivity contribution is 5.79. The van der Waals surface area contributed by atoms with Crippen molar-refractivity contribution in [1.82, 2.24) is 9.97 Å². The summed E-state index contributed by atoms with van der Waals surface area (Å²) in [4.78, 5) is 9.14. The standard InChI is InChI=1S/C24H18N2O2/c1-15-6-9-21-19(12-15)25-23(27-21)11-8-17-4-3-5-18(14-17)24-26-20-13-16(2)7-10-22(20)28-24/h3-14H,1-2H3. The average molecular weight is 366 g/mol. The number of nitrogens with zero attached hydrogens (tertiary/aromatic N) is 2. The van der Waals surface area contributed by atoms with Crippen LogP contribution in [0.5, 0.6) is 0 Å². The van der Waals surface area contributed by atoms with E-state index in [2.05, 4.69) is 9.97 Å². The van der Waals surface area contributed by atoms with Crippen molar-refractivity contribution in [3.63, 3.8) is 0 Å². The van der Waals surface area contributed by atoms with Gasteiger partial charge in [-0.1, -0.05) is 24.3 Å². The van der Waals surface area contributed by atoms with Crippen molar-refractivity contribution < 1.29 is 8.83 Å². The molecule has 28 heavy (non-hydrogen) atoms. The van der Waals surface area contributed by atoms with Crippen LogP contribution < -0.4 is 0 Å². The summed E-state index contributed by atoms with van der Waals surface area (Å²) in [7, 11) is 0. The van der Waals surface area contributed by atoms with Gasteiger partial charge in [0.15, 0.2) is 11.2 Å². The fourth-order valence-corrected chi connectivity index (χ4v) is 3.23. The van der Waals surface area contributed by atoms with E-state index in [4.69, 9.17) is 8.83 Å². The van der Waals surface area contributed by atoms with Crippen LogP contribution in [0.1, 0.15) is 22.6 Å². The zero-order chi connectivity index (χ0) is 19.1. The number of aryl methyl sites for hydroxylation is 2. The van der Waals surface area contributed by atoms with Crippen molar-refractivity contribution in [2.24, 2.45) is 0 Å². The summed E-state index contributed by atoms with van der Waals surface area (Å²) in [6, 6.07) is 20.1. The Morgan fingerprint density at radius 3 is 2.21 bits per heavy atom. The molecule has 0 fully saturated rings. The van der Waals surface area contributed by atoms with Crippen LogP contribution in [0.2, 0.25) is 0 Å². The smallest absolute Gasteiger partial charge is 0.227 e. The molecule has 3 aromatic carbocycles. The maximum absolute atomic E-state index is 5.91. The van der Waals surface area contributed by atoms with Crippen LogP contribution >= 0.6 is 0 Å². The van der Waals surface area contributed by atoms with Crippen molar-refractivity contribution in [3.05, 3.63) is 83.2 Å². The Morgan fingerprint density at radius 2 is 1.43 bits per heavy atom. The largest absolute Gasteiger partial charge is 0.437 e. The summed E-state index contributed by atoms with van der Waals surface area (Å²) >= 11 is 0. The second-order valence-electron chi connectivity index (χ2n) is 6.97. The molecule has 2 heterocycles. The van der Waals surface area contributed by atoms with E-state index in [0.29, 0.717) is 11.8 Å². The van der Waals surface area contributed by atoms with Crippen LogP contribution in [0.4, 0.5) is 0 Å². The predicted octanol–water partition coefficient (Wildman–Crippen LogP) is 6.42. The fourth-order valence-electron chi connectivity index (χ4n) is 3.23. The van der Waals surface area contributed by atoms with E-state index in [-0.39, 0.29) is 0 Å². The maximum atomic E-state index is 5.91. The minimum atomic E-state index is 0.586. The van der Waals surface area contributed by atoms with Crippen LogP contribution in [-0.4, -0.2) is 9.97 Å². The van der Waals surface area contributed by atoms with Gasteiger partial charge in [-0.25, -0.2) is 9.97 Å². The van der Waals surface area contributed by atoms with Crippen molar-refractivity contribution in [1.29, 1.82) is 0 Å². The first-order valence-electron chi connectivity index (χ1n) is 9.17. The van der Waals surface area contributed by atoms with Gasteiger partial charge >= 0.3 is 0 Å². The molecule has 4 heteroatoms. The topological polar surface area (TPSA) is 52.1 Å². The first-order valence-corrected chi connectivity index (χ1v) is 9.17. The molecule has 0 amide bonds. The fraction of sp³-hybridized carbons (Fsp3) is 0.0833. The zero-order valence-electron chi connectivity index (χ0n) is 15.6. The highest BCUT2D eigenvalue weighted by Crippen LogP contribution is 2.26. The summed E-state index contributed by atoms with van der Waals surface area (Å²) in [5, 5.41) is 0. The number of rotatable bonds is 3. The second-order valence-corrected chi connectivity index (χ2v) is 6.97. The van der Waals surface area contributed by atoms with Gasteiger partial charge in [0.05, 0.1) is 0 Å². The average Bonchev–Trinajstić information content (AvgIpc) is 3.29. The van der Waals surface area contributed by atoms with Gasteiger partial charge in [0.25, 0.3) is 0 Å².